The highest BCUT2D eigenvalue weighted by molar-refractivity contribution is 5.84. The van der Waals surface area contributed by atoms with Crippen molar-refractivity contribution in [1.29, 1.82) is 0 Å². The van der Waals surface area contributed by atoms with Crippen LogP contribution in [0.2, 0.25) is 0 Å². The zero-order chi connectivity index (χ0) is 12.9. The van der Waals surface area contributed by atoms with E-state index in [1.165, 1.54) is 17.2 Å². The fourth-order valence-corrected chi connectivity index (χ4v) is 2.35. The molecule has 5 N–H and O–H groups in total. The molecule has 0 saturated heterocycles. The van der Waals surface area contributed by atoms with Crippen molar-refractivity contribution in [3.63, 3.8) is 0 Å². The number of aromatic nitrogens is 4. The predicted molar refractivity (Wildman–Crippen MR) is 61.4 cm³/mol. The summed E-state index contributed by atoms with van der Waals surface area (Å²) in [5, 5.41) is 33.7. The Bertz CT molecular complexity index is 586. The van der Waals surface area contributed by atoms with E-state index in [4.69, 9.17) is 5.73 Å². The molecule has 2 aromatic rings. The van der Waals surface area contributed by atoms with Crippen molar-refractivity contribution in [3.05, 3.63) is 12.5 Å². The zero-order valence-corrected chi connectivity index (χ0v) is 9.38. The van der Waals surface area contributed by atoms with Crippen LogP contribution >= 0.6 is 0 Å². The largest absolute Gasteiger partial charge is 0.390 e. The number of nitrogens with zero attached hydrogens (tertiary/aromatic N) is 4. The summed E-state index contributed by atoms with van der Waals surface area (Å²) >= 11 is 0. The van der Waals surface area contributed by atoms with E-state index in [-0.39, 0.29) is 6.42 Å². The van der Waals surface area contributed by atoms with Crippen LogP contribution in [0.25, 0.3) is 11.0 Å². The zero-order valence-electron chi connectivity index (χ0n) is 9.38. The van der Waals surface area contributed by atoms with Gasteiger partial charge in [-0.3, -0.25) is 0 Å². The van der Waals surface area contributed by atoms with Gasteiger partial charge < -0.3 is 21.1 Å². The fourth-order valence-electron chi connectivity index (χ4n) is 2.35. The molecule has 0 spiro atoms. The Morgan fingerprint density at radius 3 is 2.67 bits per heavy atom. The summed E-state index contributed by atoms with van der Waals surface area (Å²) < 4.78 is 1.47. The Balaban J connectivity index is 2.08. The lowest BCUT2D eigenvalue weighted by Crippen LogP contribution is -2.31. The third kappa shape index (κ3) is 1.47. The van der Waals surface area contributed by atoms with Crippen molar-refractivity contribution in [3.8, 4) is 0 Å². The molecule has 0 unspecified atom stereocenters. The molecule has 0 radical (unpaired) electrons. The second-order valence-electron chi connectivity index (χ2n) is 4.44. The van der Waals surface area contributed by atoms with E-state index >= 15 is 0 Å². The third-order valence-corrected chi connectivity index (χ3v) is 3.36. The lowest BCUT2D eigenvalue weighted by atomic mass is 10.2. The molecule has 1 fully saturated rings. The number of aliphatic hydroxyl groups excluding tert-OH is 3. The maximum Gasteiger partial charge on any atom is 0.163 e. The van der Waals surface area contributed by atoms with Gasteiger partial charge in [-0.2, -0.15) is 5.10 Å². The summed E-state index contributed by atoms with van der Waals surface area (Å²) in [6, 6.07) is -0.526. The van der Waals surface area contributed by atoms with Gasteiger partial charge in [-0.15, -0.1) is 0 Å². The van der Waals surface area contributed by atoms with Crippen LogP contribution in [0.5, 0.6) is 0 Å². The average molecular weight is 251 g/mol. The van der Waals surface area contributed by atoms with E-state index < -0.39 is 24.4 Å². The molecule has 18 heavy (non-hydrogen) atoms. The first-order valence-electron chi connectivity index (χ1n) is 5.57. The van der Waals surface area contributed by atoms with E-state index in [0.717, 1.165) is 0 Å². The molecule has 3 rings (SSSR count). The van der Waals surface area contributed by atoms with E-state index in [1.807, 2.05) is 0 Å². The van der Waals surface area contributed by atoms with Gasteiger partial charge in [0.1, 0.15) is 24.4 Å². The topological polar surface area (TPSA) is 130 Å². The molecule has 0 amide bonds. The maximum absolute atomic E-state index is 9.88. The molecule has 0 aliphatic heterocycles. The number of hydrogen-bond acceptors (Lipinski definition) is 7. The smallest absolute Gasteiger partial charge is 0.163 e. The van der Waals surface area contributed by atoms with Gasteiger partial charge in [0.05, 0.1) is 23.7 Å². The standard InChI is InChI=1S/C10H13N5O3/c11-9-4-2-14-15(10(4)13-3-12-9)5-1-6(16)8(18)7(5)17/h2-3,5-8,16-18H,1H2,(H2,11,12,13)/t5-,6+,7+,8-/m0/s1. The van der Waals surface area contributed by atoms with E-state index in [2.05, 4.69) is 15.1 Å². The number of nitrogens with two attached hydrogens (primary N) is 1. The summed E-state index contributed by atoms with van der Waals surface area (Å²) in [7, 11) is 0. The molecule has 1 saturated carbocycles. The molecule has 0 aromatic carbocycles. The van der Waals surface area contributed by atoms with Crippen LogP contribution in [0.1, 0.15) is 12.5 Å². The van der Waals surface area contributed by atoms with Crippen molar-refractivity contribution < 1.29 is 15.3 Å². The Hall–Kier alpha value is -1.77. The lowest BCUT2D eigenvalue weighted by Gasteiger charge is -2.16. The minimum atomic E-state index is -1.17. The summed E-state index contributed by atoms with van der Waals surface area (Å²) in [6.45, 7) is 0. The molecule has 8 heteroatoms. The van der Waals surface area contributed by atoms with Gasteiger partial charge in [-0.1, -0.05) is 0 Å². The third-order valence-electron chi connectivity index (χ3n) is 3.36. The second kappa shape index (κ2) is 3.87. The minimum Gasteiger partial charge on any atom is -0.390 e. The number of nitrogen functional groups attached to an aromatic ring is 1. The molecular formula is C10H13N5O3. The summed E-state index contributed by atoms with van der Waals surface area (Å²) in [6.07, 6.45) is -0.196. The van der Waals surface area contributed by atoms with Crippen molar-refractivity contribution in [2.24, 2.45) is 0 Å². The van der Waals surface area contributed by atoms with Crippen LogP contribution in [0.4, 0.5) is 5.82 Å². The van der Waals surface area contributed by atoms with Crippen LogP contribution in [-0.4, -0.2) is 53.4 Å². The van der Waals surface area contributed by atoms with Crippen LogP contribution in [0.15, 0.2) is 12.5 Å². The molecular weight excluding hydrogens is 238 g/mol. The highest BCUT2D eigenvalue weighted by Gasteiger charge is 2.42. The Kier molecular flexibility index (Phi) is 2.44. The monoisotopic (exact) mass is 251 g/mol. The quantitative estimate of drug-likeness (QED) is 0.482. The van der Waals surface area contributed by atoms with Gasteiger partial charge in [0.25, 0.3) is 0 Å². The predicted octanol–water partition coefficient (Wildman–Crippen LogP) is -1.56. The Morgan fingerprint density at radius 1 is 1.22 bits per heavy atom. The van der Waals surface area contributed by atoms with Crippen molar-refractivity contribution in [2.75, 3.05) is 5.73 Å². The molecule has 1 aliphatic rings. The minimum absolute atomic E-state index is 0.211. The van der Waals surface area contributed by atoms with Crippen LogP contribution in [0, 0.1) is 0 Å². The lowest BCUT2D eigenvalue weighted by molar-refractivity contribution is -0.0252. The second-order valence-corrected chi connectivity index (χ2v) is 4.44. The number of fused-ring (bicyclic) bond motifs is 1. The first kappa shape index (κ1) is 11.3. The molecule has 8 nitrogen and oxygen atoms in total. The summed E-state index contributed by atoms with van der Waals surface area (Å²) in [5.41, 5.74) is 6.17. The molecule has 4 atom stereocenters. The van der Waals surface area contributed by atoms with Gasteiger partial charge in [-0.25, -0.2) is 14.6 Å². The summed E-state index contributed by atoms with van der Waals surface area (Å²) in [4.78, 5) is 7.91. The van der Waals surface area contributed by atoms with Crippen LogP contribution in [-0.2, 0) is 0 Å². The molecule has 2 aromatic heterocycles. The number of rotatable bonds is 1. The van der Waals surface area contributed by atoms with Gasteiger partial charge in [0, 0.05) is 6.42 Å². The first-order chi connectivity index (χ1) is 8.59. The number of hydrogen-bond donors (Lipinski definition) is 4. The van der Waals surface area contributed by atoms with Crippen molar-refractivity contribution >= 4 is 16.9 Å². The van der Waals surface area contributed by atoms with Gasteiger partial charge in [-0.05, 0) is 0 Å². The number of aliphatic hydroxyl groups is 3. The van der Waals surface area contributed by atoms with E-state index in [9.17, 15) is 15.3 Å². The van der Waals surface area contributed by atoms with Gasteiger partial charge in [0.2, 0.25) is 0 Å². The normalized spacial score (nSPS) is 32.2. The van der Waals surface area contributed by atoms with E-state index in [0.29, 0.717) is 16.9 Å². The van der Waals surface area contributed by atoms with Crippen molar-refractivity contribution in [2.45, 2.75) is 30.8 Å². The van der Waals surface area contributed by atoms with Gasteiger partial charge in [0.15, 0.2) is 5.65 Å². The molecule has 1 aliphatic carbocycles. The fraction of sp³-hybridized carbons (Fsp3) is 0.500. The van der Waals surface area contributed by atoms with Crippen LogP contribution < -0.4 is 5.73 Å². The highest BCUT2D eigenvalue weighted by atomic mass is 16.4. The number of anilines is 1. The van der Waals surface area contributed by atoms with Crippen LogP contribution in [0.3, 0.4) is 0 Å². The molecule has 2 heterocycles. The molecule has 0 bridgehead atoms. The first-order valence-corrected chi connectivity index (χ1v) is 5.57. The van der Waals surface area contributed by atoms with E-state index in [1.54, 1.807) is 0 Å². The average Bonchev–Trinajstić information content (AvgIpc) is 2.88. The SMILES string of the molecule is Nc1ncnc2c1cnn2[C@H]1C[C@@H](O)[C@H](O)[C@@H]1O. The van der Waals surface area contributed by atoms with Crippen molar-refractivity contribution in [1.82, 2.24) is 19.7 Å². The Labute approximate surface area is 102 Å². The molecule has 96 valence electrons. The maximum atomic E-state index is 9.88. The van der Waals surface area contributed by atoms with Gasteiger partial charge >= 0.3 is 0 Å². The highest BCUT2D eigenvalue weighted by Crippen LogP contribution is 2.32. The summed E-state index contributed by atoms with van der Waals surface area (Å²) in [5.74, 6) is 0.305. The Morgan fingerprint density at radius 2 is 2.00 bits per heavy atom.